The average Bonchev–Trinajstić information content (AvgIpc) is 2.67. The zero-order chi connectivity index (χ0) is 11.3. The van der Waals surface area contributed by atoms with Gasteiger partial charge in [0.05, 0.1) is 5.41 Å². The summed E-state index contributed by atoms with van der Waals surface area (Å²) in [5.41, 5.74) is -0.0469. The van der Waals surface area contributed by atoms with Crippen molar-refractivity contribution in [1.82, 2.24) is 0 Å². The van der Waals surface area contributed by atoms with Crippen molar-refractivity contribution in [3.05, 3.63) is 34.9 Å². The molecule has 1 fully saturated rings. The van der Waals surface area contributed by atoms with Crippen LogP contribution in [-0.4, -0.2) is 10.1 Å². The van der Waals surface area contributed by atoms with Gasteiger partial charge in [0.1, 0.15) is 4.33 Å². The topological polar surface area (TPSA) is 17.1 Å². The van der Waals surface area contributed by atoms with Crippen LogP contribution in [0.5, 0.6) is 0 Å². The van der Waals surface area contributed by atoms with Crippen molar-refractivity contribution in [3.63, 3.8) is 0 Å². The van der Waals surface area contributed by atoms with Crippen LogP contribution in [0.2, 0.25) is 5.02 Å². The number of benzene rings is 1. The number of hydrogen-bond donors (Lipinski definition) is 0. The molecule has 0 bridgehead atoms. The quantitative estimate of drug-likeness (QED) is 0.580. The summed E-state index contributed by atoms with van der Waals surface area (Å²) >= 11 is 17.6. The summed E-state index contributed by atoms with van der Waals surface area (Å²) in [5, 5.41) is 0.607. The molecule has 15 heavy (non-hydrogen) atoms. The molecule has 1 aliphatic carbocycles. The molecule has 0 saturated heterocycles. The smallest absolute Gasteiger partial charge is 0.171 e. The fourth-order valence-corrected chi connectivity index (χ4v) is 2.40. The van der Waals surface area contributed by atoms with Crippen LogP contribution in [0.15, 0.2) is 24.3 Å². The van der Waals surface area contributed by atoms with E-state index in [1.807, 2.05) is 0 Å². The maximum Gasteiger partial charge on any atom is 0.171 e. The predicted octanol–water partition coefficient (Wildman–Crippen LogP) is 4.11. The maximum atomic E-state index is 12.0. The Morgan fingerprint density at radius 2 is 1.73 bits per heavy atom. The fourth-order valence-electron chi connectivity index (χ4n) is 1.57. The summed E-state index contributed by atoms with van der Waals surface area (Å²) in [6.07, 6.45) is 0.505. The van der Waals surface area contributed by atoms with Crippen molar-refractivity contribution in [2.24, 2.45) is 5.41 Å². The van der Waals surface area contributed by atoms with E-state index in [1.165, 1.54) is 0 Å². The van der Waals surface area contributed by atoms with Crippen LogP contribution in [0.4, 0.5) is 0 Å². The third kappa shape index (κ3) is 1.77. The molecule has 0 aromatic heterocycles. The lowest BCUT2D eigenvalue weighted by molar-refractivity contribution is 0.0911. The number of hydrogen-bond acceptors (Lipinski definition) is 1. The van der Waals surface area contributed by atoms with Gasteiger partial charge >= 0.3 is 0 Å². The van der Waals surface area contributed by atoms with E-state index in [0.717, 1.165) is 0 Å². The first-order chi connectivity index (χ1) is 6.87. The number of ketones is 1. The third-order valence-corrected chi connectivity index (χ3v) is 4.22. The minimum atomic E-state index is -0.913. The van der Waals surface area contributed by atoms with Crippen LogP contribution in [-0.2, 0) is 0 Å². The van der Waals surface area contributed by atoms with Gasteiger partial charge in [0.25, 0.3) is 0 Å². The number of carbonyl (C=O) groups is 1. The molecule has 0 heterocycles. The van der Waals surface area contributed by atoms with Gasteiger partial charge in [0.15, 0.2) is 5.78 Å². The number of alkyl halides is 2. The molecule has 1 saturated carbocycles. The molecule has 1 nitrogen and oxygen atoms in total. The molecule has 1 aromatic carbocycles. The van der Waals surface area contributed by atoms with E-state index >= 15 is 0 Å². The molecule has 4 heteroatoms. The van der Waals surface area contributed by atoms with Crippen molar-refractivity contribution in [1.29, 1.82) is 0 Å². The van der Waals surface area contributed by atoms with Crippen molar-refractivity contribution in [3.8, 4) is 0 Å². The average molecular weight is 264 g/mol. The van der Waals surface area contributed by atoms with E-state index in [2.05, 4.69) is 0 Å². The Kier molecular flexibility index (Phi) is 2.53. The SMILES string of the molecule is C[C@]1(C(=O)c2ccc(Cl)cc2)CC1(Cl)Cl. The van der Waals surface area contributed by atoms with Crippen LogP contribution < -0.4 is 0 Å². The first-order valence-electron chi connectivity index (χ1n) is 4.55. The fraction of sp³-hybridized carbons (Fsp3) is 0.364. The second-order valence-corrected chi connectivity index (χ2v) is 5.97. The van der Waals surface area contributed by atoms with E-state index in [-0.39, 0.29) is 5.78 Å². The van der Waals surface area contributed by atoms with E-state index < -0.39 is 9.75 Å². The van der Waals surface area contributed by atoms with Gasteiger partial charge in [-0.3, -0.25) is 4.79 Å². The molecule has 0 spiro atoms. The van der Waals surface area contributed by atoms with Gasteiger partial charge in [-0.1, -0.05) is 11.6 Å². The normalized spacial score (nSPS) is 27.5. The molecule has 0 radical (unpaired) electrons. The summed E-state index contributed by atoms with van der Waals surface area (Å²) in [6, 6.07) is 6.76. The van der Waals surface area contributed by atoms with Gasteiger partial charge in [-0.2, -0.15) is 0 Å². The lowest BCUT2D eigenvalue weighted by atomic mass is 9.97. The predicted molar refractivity (Wildman–Crippen MR) is 62.9 cm³/mol. The Balaban J connectivity index is 2.27. The molecule has 0 unspecified atom stereocenters. The summed E-state index contributed by atoms with van der Waals surface area (Å²) in [6.45, 7) is 1.78. The minimum Gasteiger partial charge on any atom is -0.293 e. The van der Waals surface area contributed by atoms with Crippen LogP contribution in [0.25, 0.3) is 0 Å². The number of Topliss-reactive ketones (excluding diaryl/α,β-unsaturated/α-hetero) is 1. The lowest BCUT2D eigenvalue weighted by Crippen LogP contribution is -2.18. The molecule has 2 rings (SSSR count). The molecule has 1 aliphatic rings. The first-order valence-corrected chi connectivity index (χ1v) is 5.68. The highest BCUT2D eigenvalue weighted by atomic mass is 35.5. The highest BCUT2D eigenvalue weighted by Crippen LogP contribution is 2.64. The van der Waals surface area contributed by atoms with E-state index in [0.29, 0.717) is 17.0 Å². The van der Waals surface area contributed by atoms with Gasteiger partial charge in [-0.05, 0) is 37.6 Å². The van der Waals surface area contributed by atoms with Crippen LogP contribution in [0.3, 0.4) is 0 Å². The first kappa shape index (κ1) is 11.3. The van der Waals surface area contributed by atoms with Crippen LogP contribution in [0, 0.1) is 5.41 Å². The summed E-state index contributed by atoms with van der Waals surface area (Å²) in [5.74, 6) is -0.0239. The van der Waals surface area contributed by atoms with E-state index in [4.69, 9.17) is 34.8 Å². The molecule has 1 atom stereocenters. The minimum absolute atomic E-state index is 0.0239. The zero-order valence-corrected chi connectivity index (χ0v) is 10.3. The van der Waals surface area contributed by atoms with Crippen LogP contribution in [0.1, 0.15) is 23.7 Å². The molecule has 0 N–H and O–H groups in total. The molecular weight excluding hydrogens is 254 g/mol. The molecule has 1 aromatic rings. The largest absolute Gasteiger partial charge is 0.293 e. The van der Waals surface area contributed by atoms with Gasteiger partial charge in [-0.25, -0.2) is 0 Å². The van der Waals surface area contributed by atoms with Crippen molar-refractivity contribution >= 4 is 40.6 Å². The van der Waals surface area contributed by atoms with Gasteiger partial charge in [-0.15, -0.1) is 23.2 Å². The summed E-state index contributed by atoms with van der Waals surface area (Å²) in [4.78, 5) is 12.0. The van der Waals surface area contributed by atoms with Crippen molar-refractivity contribution < 1.29 is 4.79 Å². The second-order valence-electron chi connectivity index (χ2n) is 4.05. The number of carbonyl (C=O) groups excluding carboxylic acids is 1. The van der Waals surface area contributed by atoms with Gasteiger partial charge in [0, 0.05) is 10.6 Å². The highest BCUT2D eigenvalue weighted by molar-refractivity contribution is 6.53. The summed E-state index contributed by atoms with van der Waals surface area (Å²) < 4.78 is -0.913. The molecule has 0 aliphatic heterocycles. The Hall–Kier alpha value is -0.240. The van der Waals surface area contributed by atoms with Crippen molar-refractivity contribution in [2.75, 3.05) is 0 Å². The molecule has 0 amide bonds. The van der Waals surface area contributed by atoms with Crippen LogP contribution >= 0.6 is 34.8 Å². The Morgan fingerprint density at radius 3 is 2.13 bits per heavy atom. The summed E-state index contributed by atoms with van der Waals surface area (Å²) in [7, 11) is 0. The number of halogens is 3. The van der Waals surface area contributed by atoms with Crippen molar-refractivity contribution in [2.45, 2.75) is 17.7 Å². The maximum absolute atomic E-state index is 12.0. The Bertz CT molecular complexity index is 410. The van der Waals surface area contributed by atoms with E-state index in [1.54, 1.807) is 31.2 Å². The highest BCUT2D eigenvalue weighted by Gasteiger charge is 2.67. The molecule has 80 valence electrons. The monoisotopic (exact) mass is 262 g/mol. The zero-order valence-electron chi connectivity index (χ0n) is 8.06. The van der Waals surface area contributed by atoms with Gasteiger partial charge < -0.3 is 0 Å². The lowest BCUT2D eigenvalue weighted by Gasteiger charge is -2.10. The molecular formula is C11H9Cl3O. The Morgan fingerprint density at radius 1 is 1.27 bits per heavy atom. The Labute approximate surface area is 103 Å². The van der Waals surface area contributed by atoms with Gasteiger partial charge in [0.2, 0.25) is 0 Å². The standard InChI is InChI=1S/C11H9Cl3O/c1-10(6-11(10,13)14)9(15)7-2-4-8(12)5-3-7/h2-5H,6H2,1H3/t10-/m1/s1. The van der Waals surface area contributed by atoms with E-state index in [9.17, 15) is 4.79 Å². The third-order valence-electron chi connectivity index (χ3n) is 2.87. The number of rotatable bonds is 2. The second kappa shape index (κ2) is 3.38.